The van der Waals surface area contributed by atoms with Crippen molar-refractivity contribution in [1.29, 1.82) is 0 Å². The molecule has 0 amide bonds. The predicted molar refractivity (Wildman–Crippen MR) is 64.5 cm³/mol. The Balaban J connectivity index is 2.14. The number of rotatable bonds is 2. The molecule has 7 nitrogen and oxygen atoms in total. The van der Waals surface area contributed by atoms with Gasteiger partial charge in [-0.15, -0.1) is 0 Å². The molecule has 0 radical (unpaired) electrons. The number of benzene rings is 1. The third-order valence-electron chi connectivity index (χ3n) is 2.44. The molecule has 3 aromatic rings. The van der Waals surface area contributed by atoms with Crippen LogP contribution in [0.15, 0.2) is 30.9 Å². The summed E-state index contributed by atoms with van der Waals surface area (Å²) in [7, 11) is 0. The second-order valence-corrected chi connectivity index (χ2v) is 3.78. The first-order valence-corrected chi connectivity index (χ1v) is 5.45. The van der Waals surface area contributed by atoms with Gasteiger partial charge in [-0.3, -0.25) is 0 Å². The molecule has 9 heteroatoms. The second kappa shape index (κ2) is 4.61. The van der Waals surface area contributed by atoms with Gasteiger partial charge in [-0.2, -0.15) is 24.7 Å². The number of hydrogen-bond acceptors (Lipinski definition) is 6. The van der Waals surface area contributed by atoms with Crippen LogP contribution >= 0.6 is 0 Å². The van der Waals surface area contributed by atoms with Gasteiger partial charge in [0.05, 0.1) is 5.56 Å². The zero-order valence-corrected chi connectivity index (χ0v) is 9.90. The molecule has 1 aromatic carbocycles. The molecule has 0 aliphatic heterocycles. The summed E-state index contributed by atoms with van der Waals surface area (Å²) in [6.45, 7) is 0. The maximum Gasteiger partial charge on any atom is 0.257 e. The van der Waals surface area contributed by atoms with E-state index < -0.39 is 11.6 Å². The van der Waals surface area contributed by atoms with E-state index in [0.29, 0.717) is 0 Å². The molecule has 0 fully saturated rings. The summed E-state index contributed by atoms with van der Waals surface area (Å²) in [4.78, 5) is 15.5. The maximum absolute atomic E-state index is 13.7. The molecular weight excluding hydrogens is 268 g/mol. The lowest BCUT2D eigenvalue weighted by Gasteiger charge is -2.05. The number of halogens is 2. The first-order chi connectivity index (χ1) is 9.63. The van der Waals surface area contributed by atoms with Crippen molar-refractivity contribution in [2.75, 3.05) is 5.73 Å². The average molecular weight is 275 g/mol. The summed E-state index contributed by atoms with van der Waals surface area (Å²) < 4.78 is 27.9. The zero-order chi connectivity index (χ0) is 14.1. The van der Waals surface area contributed by atoms with Crippen LogP contribution in [0, 0.1) is 11.6 Å². The standard InChI is InChI=1S/C11H7F2N7/c12-6-1-2-7(8(13)3-6)9-17-10(14)19-11(18-9)20-5-15-4-16-20/h1-5H,(H2,14,17,18,19). The van der Waals surface area contributed by atoms with Gasteiger partial charge >= 0.3 is 0 Å². The van der Waals surface area contributed by atoms with Crippen molar-refractivity contribution >= 4 is 5.95 Å². The molecule has 20 heavy (non-hydrogen) atoms. The van der Waals surface area contributed by atoms with Crippen LogP contribution < -0.4 is 5.73 Å². The van der Waals surface area contributed by atoms with Crippen LogP contribution in [0.5, 0.6) is 0 Å². The monoisotopic (exact) mass is 275 g/mol. The smallest absolute Gasteiger partial charge is 0.257 e. The summed E-state index contributed by atoms with van der Waals surface area (Å²) in [6, 6.07) is 3.07. The summed E-state index contributed by atoms with van der Waals surface area (Å²) in [5.41, 5.74) is 5.58. The largest absolute Gasteiger partial charge is 0.368 e. The Morgan fingerprint density at radius 1 is 1.10 bits per heavy atom. The minimum Gasteiger partial charge on any atom is -0.368 e. The highest BCUT2D eigenvalue weighted by molar-refractivity contribution is 5.57. The van der Waals surface area contributed by atoms with E-state index in [4.69, 9.17) is 5.73 Å². The topological polar surface area (TPSA) is 95.4 Å². The van der Waals surface area contributed by atoms with Crippen molar-refractivity contribution in [3.8, 4) is 17.3 Å². The molecule has 0 saturated heterocycles. The molecule has 100 valence electrons. The van der Waals surface area contributed by atoms with Crippen molar-refractivity contribution in [3.63, 3.8) is 0 Å². The first-order valence-electron chi connectivity index (χ1n) is 5.45. The molecule has 0 spiro atoms. The molecule has 0 bridgehead atoms. The van der Waals surface area contributed by atoms with Crippen LogP contribution in [-0.2, 0) is 0 Å². The van der Waals surface area contributed by atoms with E-state index in [1.54, 1.807) is 0 Å². The molecule has 2 aromatic heterocycles. The minimum atomic E-state index is -0.792. The van der Waals surface area contributed by atoms with Crippen molar-refractivity contribution in [2.45, 2.75) is 0 Å². The SMILES string of the molecule is Nc1nc(-c2ccc(F)cc2F)nc(-n2cncn2)n1. The highest BCUT2D eigenvalue weighted by Crippen LogP contribution is 2.20. The molecule has 0 aliphatic carbocycles. The number of anilines is 1. The van der Waals surface area contributed by atoms with E-state index >= 15 is 0 Å². The average Bonchev–Trinajstić information content (AvgIpc) is 2.91. The molecule has 3 rings (SSSR count). The molecule has 2 heterocycles. The Labute approximate surface area is 111 Å². The molecule has 0 unspecified atom stereocenters. The summed E-state index contributed by atoms with van der Waals surface area (Å²) >= 11 is 0. The van der Waals surface area contributed by atoms with Crippen LogP contribution in [0.2, 0.25) is 0 Å². The van der Waals surface area contributed by atoms with Crippen molar-refractivity contribution < 1.29 is 8.78 Å². The highest BCUT2D eigenvalue weighted by atomic mass is 19.1. The normalized spacial score (nSPS) is 10.7. The van der Waals surface area contributed by atoms with Crippen molar-refractivity contribution in [3.05, 3.63) is 42.5 Å². The molecule has 0 aliphatic rings. The van der Waals surface area contributed by atoms with Gasteiger partial charge in [0.2, 0.25) is 5.95 Å². The maximum atomic E-state index is 13.7. The lowest BCUT2D eigenvalue weighted by Crippen LogP contribution is -2.08. The Morgan fingerprint density at radius 2 is 1.95 bits per heavy atom. The van der Waals surface area contributed by atoms with Crippen LogP contribution in [-0.4, -0.2) is 29.7 Å². The molecule has 2 N–H and O–H groups in total. The fraction of sp³-hybridized carbons (Fsp3) is 0. The lowest BCUT2D eigenvalue weighted by molar-refractivity contribution is 0.584. The van der Waals surface area contributed by atoms with Crippen molar-refractivity contribution in [1.82, 2.24) is 29.7 Å². The summed E-state index contributed by atoms with van der Waals surface area (Å²) in [5.74, 6) is -1.51. The fourth-order valence-electron chi connectivity index (χ4n) is 1.59. The number of nitrogens with zero attached hydrogens (tertiary/aromatic N) is 6. The minimum absolute atomic E-state index is 0.0134. The van der Waals surface area contributed by atoms with Gasteiger partial charge in [0.1, 0.15) is 24.3 Å². The van der Waals surface area contributed by atoms with Gasteiger partial charge in [-0.1, -0.05) is 0 Å². The van der Waals surface area contributed by atoms with Crippen LogP contribution in [0.1, 0.15) is 0 Å². The van der Waals surface area contributed by atoms with Crippen LogP contribution in [0.4, 0.5) is 14.7 Å². The van der Waals surface area contributed by atoms with Crippen molar-refractivity contribution in [2.24, 2.45) is 0 Å². The van der Waals surface area contributed by atoms with Gasteiger partial charge in [-0.05, 0) is 12.1 Å². The number of nitrogens with two attached hydrogens (primary N) is 1. The molecule has 0 saturated carbocycles. The summed E-state index contributed by atoms with van der Waals surface area (Å²) in [6.07, 6.45) is 2.65. The van der Waals surface area contributed by atoms with E-state index in [-0.39, 0.29) is 23.3 Å². The molecule has 0 atom stereocenters. The van der Waals surface area contributed by atoms with Gasteiger partial charge in [-0.25, -0.2) is 13.8 Å². The quantitative estimate of drug-likeness (QED) is 0.749. The Kier molecular flexibility index (Phi) is 2.78. The van der Waals surface area contributed by atoms with Crippen LogP contribution in [0.25, 0.3) is 17.3 Å². The molecular formula is C11H7F2N7. The van der Waals surface area contributed by atoms with Crippen LogP contribution in [0.3, 0.4) is 0 Å². The predicted octanol–water partition coefficient (Wildman–Crippen LogP) is 0.980. The number of nitrogen functional groups attached to an aromatic ring is 1. The Morgan fingerprint density at radius 3 is 2.65 bits per heavy atom. The van der Waals surface area contributed by atoms with E-state index in [0.717, 1.165) is 12.1 Å². The number of hydrogen-bond donors (Lipinski definition) is 1. The van der Waals surface area contributed by atoms with Gasteiger partial charge in [0.15, 0.2) is 5.82 Å². The third-order valence-corrected chi connectivity index (χ3v) is 2.44. The Bertz CT molecular complexity index is 757. The van der Waals surface area contributed by atoms with E-state index in [1.807, 2.05) is 0 Å². The van der Waals surface area contributed by atoms with E-state index in [9.17, 15) is 8.78 Å². The first kappa shape index (κ1) is 12.1. The third kappa shape index (κ3) is 2.16. The highest BCUT2D eigenvalue weighted by Gasteiger charge is 2.13. The van der Waals surface area contributed by atoms with E-state index in [2.05, 4.69) is 25.0 Å². The van der Waals surface area contributed by atoms with Gasteiger partial charge in [0, 0.05) is 6.07 Å². The van der Waals surface area contributed by atoms with Gasteiger partial charge in [0.25, 0.3) is 5.95 Å². The zero-order valence-electron chi connectivity index (χ0n) is 9.90. The lowest BCUT2D eigenvalue weighted by atomic mass is 10.2. The van der Waals surface area contributed by atoms with Gasteiger partial charge < -0.3 is 5.73 Å². The Hall–Kier alpha value is -2.97. The second-order valence-electron chi connectivity index (χ2n) is 3.78. The number of aromatic nitrogens is 6. The van der Waals surface area contributed by atoms with E-state index in [1.165, 1.54) is 23.4 Å². The summed E-state index contributed by atoms with van der Waals surface area (Å²) in [5, 5.41) is 3.84. The fourth-order valence-corrected chi connectivity index (χ4v) is 1.59.